The van der Waals surface area contributed by atoms with Crippen LogP contribution < -0.4 is 0 Å². The molecule has 0 aliphatic rings. The van der Waals surface area contributed by atoms with Crippen molar-refractivity contribution in [3.63, 3.8) is 0 Å². The van der Waals surface area contributed by atoms with Crippen molar-refractivity contribution in [2.75, 3.05) is 0 Å². The van der Waals surface area contributed by atoms with E-state index in [1.54, 1.807) is 0 Å². The van der Waals surface area contributed by atoms with Crippen molar-refractivity contribution in [3.05, 3.63) is 146 Å². The highest BCUT2D eigenvalue weighted by molar-refractivity contribution is 6.24. The average molecular weight is 573 g/mol. The second-order valence-electron chi connectivity index (χ2n) is 12.1. The van der Waals surface area contributed by atoms with Gasteiger partial charge in [0.05, 0.1) is 38.7 Å². The molecule has 0 bridgehead atoms. The maximum absolute atomic E-state index is 6.29. The predicted molar refractivity (Wildman–Crippen MR) is 188 cm³/mol. The van der Waals surface area contributed by atoms with E-state index in [-0.39, 0.29) is 0 Å². The van der Waals surface area contributed by atoms with Crippen LogP contribution in [0.5, 0.6) is 0 Å². The minimum absolute atomic E-state index is 0.905. The molecule has 4 aromatic heterocycles. The lowest BCUT2D eigenvalue weighted by Crippen LogP contribution is -1.94. The number of aromatic nitrogens is 2. The fourth-order valence-electron chi connectivity index (χ4n) is 7.97. The summed E-state index contributed by atoms with van der Waals surface area (Å²) in [4.78, 5) is 0. The zero-order valence-electron chi connectivity index (χ0n) is 24.2. The van der Waals surface area contributed by atoms with Crippen molar-refractivity contribution in [2.45, 2.75) is 0 Å². The Morgan fingerprint density at radius 2 is 0.933 bits per heavy atom. The number of nitrogens with zero attached hydrogens (tertiary/aromatic N) is 2. The standard InChI is InChI=1S/C42H24N2O/c1-5-14-34-27(10-1)31-22-25(20-21-37(31)43(34)38-17-9-19-40-41(38)30-13-4-8-18-39(30)45-40)26-23-32-28-11-2-6-15-35(28)44-36-16-7-3-12-29(36)33(24-26)42(32)44/h1-24H. The number of rotatable bonds is 2. The van der Waals surface area contributed by atoms with E-state index in [2.05, 4.69) is 148 Å². The third-order valence-electron chi connectivity index (χ3n) is 9.83. The van der Waals surface area contributed by atoms with Crippen LogP contribution in [0.25, 0.3) is 98.7 Å². The van der Waals surface area contributed by atoms with Gasteiger partial charge in [0, 0.05) is 37.7 Å². The van der Waals surface area contributed by atoms with E-state index in [1.165, 1.54) is 71.0 Å². The van der Waals surface area contributed by atoms with Gasteiger partial charge in [-0.2, -0.15) is 0 Å². The molecule has 45 heavy (non-hydrogen) atoms. The van der Waals surface area contributed by atoms with E-state index in [0.29, 0.717) is 0 Å². The van der Waals surface area contributed by atoms with E-state index in [0.717, 1.165) is 27.6 Å². The lowest BCUT2D eigenvalue weighted by Gasteiger charge is -2.10. The summed E-state index contributed by atoms with van der Waals surface area (Å²) in [6.07, 6.45) is 0. The van der Waals surface area contributed by atoms with Crippen molar-refractivity contribution in [1.29, 1.82) is 0 Å². The molecule has 11 rings (SSSR count). The number of furan rings is 1. The highest BCUT2D eigenvalue weighted by Gasteiger charge is 2.20. The summed E-state index contributed by atoms with van der Waals surface area (Å²) in [5, 5.41) is 9.95. The van der Waals surface area contributed by atoms with Gasteiger partial charge in [-0.05, 0) is 71.8 Å². The second-order valence-corrected chi connectivity index (χ2v) is 12.1. The molecule has 4 heterocycles. The van der Waals surface area contributed by atoms with E-state index in [1.807, 2.05) is 6.07 Å². The van der Waals surface area contributed by atoms with Crippen molar-refractivity contribution in [2.24, 2.45) is 0 Å². The molecule has 0 atom stereocenters. The Morgan fingerprint density at radius 1 is 0.378 bits per heavy atom. The smallest absolute Gasteiger partial charge is 0.137 e. The van der Waals surface area contributed by atoms with Crippen LogP contribution in [0.4, 0.5) is 0 Å². The predicted octanol–water partition coefficient (Wildman–Crippen LogP) is 11.5. The zero-order chi connectivity index (χ0) is 29.2. The lowest BCUT2D eigenvalue weighted by molar-refractivity contribution is 0.669. The first-order valence-electron chi connectivity index (χ1n) is 15.4. The molecule has 11 aromatic rings. The van der Waals surface area contributed by atoms with Crippen molar-refractivity contribution in [3.8, 4) is 16.8 Å². The number of hydrogen-bond acceptors (Lipinski definition) is 1. The highest BCUT2D eigenvalue weighted by atomic mass is 16.3. The van der Waals surface area contributed by atoms with Gasteiger partial charge >= 0.3 is 0 Å². The average Bonchev–Trinajstić information content (AvgIpc) is 3.83. The molecule has 0 saturated carbocycles. The van der Waals surface area contributed by atoms with Gasteiger partial charge in [-0.3, -0.25) is 0 Å². The largest absolute Gasteiger partial charge is 0.456 e. The molecule has 3 nitrogen and oxygen atoms in total. The Balaban J connectivity index is 1.22. The van der Waals surface area contributed by atoms with Crippen molar-refractivity contribution in [1.82, 2.24) is 8.97 Å². The van der Waals surface area contributed by atoms with Crippen LogP contribution in [0.3, 0.4) is 0 Å². The third-order valence-corrected chi connectivity index (χ3v) is 9.83. The molecule has 0 radical (unpaired) electrons. The first-order chi connectivity index (χ1) is 22.3. The van der Waals surface area contributed by atoms with Crippen LogP contribution in [0.2, 0.25) is 0 Å². The van der Waals surface area contributed by atoms with Gasteiger partial charge in [0.15, 0.2) is 0 Å². The molecule has 0 aliphatic carbocycles. The van der Waals surface area contributed by atoms with Crippen LogP contribution >= 0.6 is 0 Å². The number of para-hydroxylation sites is 4. The second kappa shape index (κ2) is 8.31. The molecule has 0 aliphatic heterocycles. The lowest BCUT2D eigenvalue weighted by atomic mass is 9.98. The molecule has 0 N–H and O–H groups in total. The fraction of sp³-hybridized carbons (Fsp3) is 0. The van der Waals surface area contributed by atoms with E-state index in [9.17, 15) is 0 Å². The number of fused-ring (bicyclic) bond motifs is 12. The molecule has 0 spiro atoms. The number of hydrogen-bond donors (Lipinski definition) is 0. The summed E-state index contributed by atoms with van der Waals surface area (Å²) in [6, 6.07) is 52.8. The van der Waals surface area contributed by atoms with E-state index < -0.39 is 0 Å². The quantitative estimate of drug-likeness (QED) is 0.202. The van der Waals surface area contributed by atoms with Gasteiger partial charge in [-0.25, -0.2) is 0 Å². The third kappa shape index (κ3) is 2.95. The maximum atomic E-state index is 6.29. The minimum Gasteiger partial charge on any atom is -0.456 e. The van der Waals surface area contributed by atoms with Gasteiger partial charge in [0.1, 0.15) is 11.2 Å². The van der Waals surface area contributed by atoms with Crippen LogP contribution in [0, 0.1) is 0 Å². The Bertz CT molecular complexity index is 2900. The van der Waals surface area contributed by atoms with Gasteiger partial charge < -0.3 is 13.4 Å². The van der Waals surface area contributed by atoms with Gasteiger partial charge in [0.25, 0.3) is 0 Å². The SMILES string of the molecule is c1ccc2c(c1)oc1cccc(-n3c4ccccc4c4cc(-c5cc6c7ccccc7n7c8ccccc8c(c5)c67)ccc43)c12. The van der Waals surface area contributed by atoms with Crippen LogP contribution in [0.1, 0.15) is 0 Å². The van der Waals surface area contributed by atoms with Gasteiger partial charge in [-0.1, -0.05) is 84.9 Å². The summed E-state index contributed by atoms with van der Waals surface area (Å²) >= 11 is 0. The Hall–Kier alpha value is -6.06. The fourth-order valence-corrected chi connectivity index (χ4v) is 7.97. The summed E-state index contributed by atoms with van der Waals surface area (Å²) in [5.41, 5.74) is 11.6. The summed E-state index contributed by atoms with van der Waals surface area (Å²) in [6.45, 7) is 0. The van der Waals surface area contributed by atoms with Gasteiger partial charge in [-0.15, -0.1) is 0 Å². The topological polar surface area (TPSA) is 22.5 Å². The molecule has 3 heteroatoms. The van der Waals surface area contributed by atoms with E-state index >= 15 is 0 Å². The molecular weight excluding hydrogens is 548 g/mol. The molecule has 0 fully saturated rings. The molecule has 208 valence electrons. The maximum Gasteiger partial charge on any atom is 0.137 e. The molecule has 7 aromatic carbocycles. The molecule has 0 unspecified atom stereocenters. The normalized spacial score (nSPS) is 12.4. The first-order valence-corrected chi connectivity index (χ1v) is 15.4. The van der Waals surface area contributed by atoms with Crippen LogP contribution in [-0.2, 0) is 0 Å². The summed E-state index contributed by atoms with van der Waals surface area (Å²) in [7, 11) is 0. The van der Waals surface area contributed by atoms with Crippen molar-refractivity contribution < 1.29 is 4.42 Å². The number of benzene rings is 7. The molecule has 0 saturated heterocycles. The first kappa shape index (κ1) is 23.4. The minimum atomic E-state index is 0.905. The molecular formula is C42H24N2O. The van der Waals surface area contributed by atoms with Crippen LogP contribution in [0.15, 0.2) is 150 Å². The highest BCUT2D eigenvalue weighted by Crippen LogP contribution is 2.43. The summed E-state index contributed by atoms with van der Waals surface area (Å²) in [5.74, 6) is 0. The zero-order valence-corrected chi connectivity index (χ0v) is 24.2. The Labute approximate surface area is 257 Å². The van der Waals surface area contributed by atoms with Crippen molar-refractivity contribution >= 4 is 81.8 Å². The summed E-state index contributed by atoms with van der Waals surface area (Å²) < 4.78 is 11.1. The van der Waals surface area contributed by atoms with E-state index in [4.69, 9.17) is 4.42 Å². The Morgan fingerprint density at radius 3 is 1.67 bits per heavy atom. The monoisotopic (exact) mass is 572 g/mol. The van der Waals surface area contributed by atoms with Crippen LogP contribution in [-0.4, -0.2) is 8.97 Å². The van der Waals surface area contributed by atoms with Gasteiger partial charge in [0.2, 0.25) is 0 Å². The Kier molecular flexibility index (Phi) is 4.32. The molecule has 0 amide bonds.